The van der Waals surface area contributed by atoms with Crippen molar-refractivity contribution in [3.05, 3.63) is 75.3 Å². The minimum absolute atomic E-state index is 0.135. The van der Waals surface area contributed by atoms with Crippen LogP contribution in [0.15, 0.2) is 48.5 Å². The van der Waals surface area contributed by atoms with Crippen LogP contribution < -0.4 is 5.32 Å². The first-order chi connectivity index (χ1) is 10.2. The first kappa shape index (κ1) is 13.8. The zero-order valence-electron chi connectivity index (χ0n) is 11.8. The Morgan fingerprint density at radius 1 is 1.05 bits per heavy atom. The maximum absolute atomic E-state index is 10.6. The van der Waals surface area contributed by atoms with E-state index in [9.17, 15) is 10.1 Å². The highest BCUT2D eigenvalue weighted by Crippen LogP contribution is 2.40. The lowest BCUT2D eigenvalue weighted by atomic mass is 10.1. The Bertz CT molecular complexity index is 633. The van der Waals surface area contributed by atoms with Crippen LogP contribution in [0, 0.1) is 10.1 Å². The van der Waals surface area contributed by atoms with E-state index < -0.39 is 0 Å². The number of rotatable bonds is 6. The fourth-order valence-electron chi connectivity index (χ4n) is 2.46. The third-order valence-electron chi connectivity index (χ3n) is 3.81. The van der Waals surface area contributed by atoms with E-state index in [4.69, 9.17) is 0 Å². The molecule has 1 aliphatic rings. The van der Waals surface area contributed by atoms with E-state index in [-0.39, 0.29) is 10.6 Å². The topological polar surface area (TPSA) is 55.2 Å². The van der Waals surface area contributed by atoms with Crippen LogP contribution in [0.3, 0.4) is 0 Å². The molecule has 0 heterocycles. The van der Waals surface area contributed by atoms with Gasteiger partial charge in [-0.3, -0.25) is 10.1 Å². The van der Waals surface area contributed by atoms with Crippen LogP contribution in [0.1, 0.15) is 35.4 Å². The van der Waals surface area contributed by atoms with Crippen molar-refractivity contribution in [1.82, 2.24) is 5.32 Å². The van der Waals surface area contributed by atoms with Crippen molar-refractivity contribution in [3.63, 3.8) is 0 Å². The van der Waals surface area contributed by atoms with Crippen molar-refractivity contribution >= 4 is 5.69 Å². The smallest absolute Gasteiger partial charge is 0.269 e. The molecule has 0 unspecified atom stereocenters. The largest absolute Gasteiger partial charge is 0.309 e. The van der Waals surface area contributed by atoms with Crippen molar-refractivity contribution in [1.29, 1.82) is 0 Å². The minimum Gasteiger partial charge on any atom is -0.309 e. The van der Waals surface area contributed by atoms with Crippen molar-refractivity contribution in [2.45, 2.75) is 31.8 Å². The number of nitro benzene ring substituents is 1. The lowest BCUT2D eigenvalue weighted by Crippen LogP contribution is -2.12. The van der Waals surface area contributed by atoms with Crippen LogP contribution in [0.4, 0.5) is 5.69 Å². The molecule has 2 aromatic rings. The Morgan fingerprint density at radius 2 is 1.76 bits per heavy atom. The zero-order valence-corrected chi connectivity index (χ0v) is 11.8. The van der Waals surface area contributed by atoms with Gasteiger partial charge in [0.15, 0.2) is 0 Å². The Balaban J connectivity index is 1.53. The monoisotopic (exact) mass is 282 g/mol. The third kappa shape index (κ3) is 3.67. The average Bonchev–Trinajstić information content (AvgIpc) is 3.33. The van der Waals surface area contributed by atoms with E-state index in [0.717, 1.165) is 18.0 Å². The third-order valence-corrected chi connectivity index (χ3v) is 3.81. The maximum Gasteiger partial charge on any atom is 0.269 e. The highest BCUT2D eigenvalue weighted by atomic mass is 16.6. The van der Waals surface area contributed by atoms with Crippen LogP contribution >= 0.6 is 0 Å². The van der Waals surface area contributed by atoms with E-state index in [0.29, 0.717) is 6.54 Å². The molecular formula is C17H18N2O2. The van der Waals surface area contributed by atoms with Gasteiger partial charge in [-0.2, -0.15) is 0 Å². The second-order valence-electron chi connectivity index (χ2n) is 5.55. The van der Waals surface area contributed by atoms with E-state index >= 15 is 0 Å². The van der Waals surface area contributed by atoms with Crippen LogP contribution in [0.5, 0.6) is 0 Å². The first-order valence-electron chi connectivity index (χ1n) is 7.25. The molecule has 0 aliphatic heterocycles. The summed E-state index contributed by atoms with van der Waals surface area (Å²) in [6.45, 7) is 1.53. The normalized spacial score (nSPS) is 14.1. The van der Waals surface area contributed by atoms with Gasteiger partial charge in [0, 0.05) is 25.2 Å². The summed E-state index contributed by atoms with van der Waals surface area (Å²) in [4.78, 5) is 10.2. The summed E-state index contributed by atoms with van der Waals surface area (Å²) in [7, 11) is 0. The molecule has 0 saturated heterocycles. The number of benzene rings is 2. The Labute approximate surface area is 124 Å². The van der Waals surface area contributed by atoms with Gasteiger partial charge in [0.1, 0.15) is 0 Å². The Kier molecular flexibility index (Phi) is 3.97. The number of nitrogens with zero attached hydrogens (tertiary/aromatic N) is 1. The summed E-state index contributed by atoms with van der Waals surface area (Å²) >= 11 is 0. The minimum atomic E-state index is -0.374. The summed E-state index contributed by atoms with van der Waals surface area (Å²) in [5.41, 5.74) is 3.93. The van der Waals surface area contributed by atoms with Gasteiger partial charge in [-0.1, -0.05) is 36.4 Å². The van der Waals surface area contributed by atoms with Gasteiger partial charge >= 0.3 is 0 Å². The summed E-state index contributed by atoms with van der Waals surface area (Å²) in [5.74, 6) is 0.777. The Morgan fingerprint density at radius 3 is 2.43 bits per heavy atom. The number of nitrogens with one attached hydrogen (secondary N) is 1. The van der Waals surface area contributed by atoms with Gasteiger partial charge < -0.3 is 5.32 Å². The lowest BCUT2D eigenvalue weighted by Gasteiger charge is -2.07. The van der Waals surface area contributed by atoms with E-state index in [1.807, 2.05) is 0 Å². The fourth-order valence-corrected chi connectivity index (χ4v) is 2.46. The van der Waals surface area contributed by atoms with Crippen LogP contribution in [0.25, 0.3) is 0 Å². The molecule has 3 rings (SSSR count). The average molecular weight is 282 g/mol. The van der Waals surface area contributed by atoms with Gasteiger partial charge in [0.25, 0.3) is 5.69 Å². The predicted molar refractivity (Wildman–Crippen MR) is 82.1 cm³/mol. The predicted octanol–water partition coefficient (Wildman–Crippen LogP) is 3.76. The molecule has 0 bridgehead atoms. The van der Waals surface area contributed by atoms with E-state index in [1.54, 1.807) is 24.3 Å². The van der Waals surface area contributed by atoms with Gasteiger partial charge in [-0.05, 0) is 35.4 Å². The van der Waals surface area contributed by atoms with Crippen molar-refractivity contribution in [2.75, 3.05) is 0 Å². The molecule has 108 valence electrons. The highest BCUT2D eigenvalue weighted by molar-refractivity contribution is 5.33. The molecule has 21 heavy (non-hydrogen) atoms. The molecular weight excluding hydrogens is 264 g/mol. The molecule has 1 aliphatic carbocycles. The number of non-ortho nitro benzene ring substituents is 1. The molecule has 0 amide bonds. The Hall–Kier alpha value is -2.20. The van der Waals surface area contributed by atoms with Gasteiger partial charge in [0.2, 0.25) is 0 Å². The molecule has 0 aromatic heterocycles. The molecule has 0 spiro atoms. The fraction of sp³-hybridized carbons (Fsp3) is 0.294. The van der Waals surface area contributed by atoms with Gasteiger partial charge in [0.05, 0.1) is 4.92 Å². The first-order valence-corrected chi connectivity index (χ1v) is 7.25. The number of hydrogen-bond acceptors (Lipinski definition) is 3. The summed E-state index contributed by atoms with van der Waals surface area (Å²) < 4.78 is 0. The molecule has 0 atom stereocenters. The number of hydrogen-bond donors (Lipinski definition) is 1. The molecule has 0 radical (unpaired) electrons. The molecule has 1 fully saturated rings. The molecule has 4 heteroatoms. The zero-order chi connectivity index (χ0) is 14.7. The maximum atomic E-state index is 10.6. The van der Waals surface area contributed by atoms with Crippen LogP contribution in [-0.4, -0.2) is 4.92 Å². The van der Waals surface area contributed by atoms with E-state index in [2.05, 4.69) is 29.6 Å². The van der Waals surface area contributed by atoms with Crippen LogP contribution in [-0.2, 0) is 13.1 Å². The molecule has 4 nitrogen and oxygen atoms in total. The summed E-state index contributed by atoms with van der Waals surface area (Å²) in [6, 6.07) is 15.4. The van der Waals surface area contributed by atoms with Crippen LogP contribution in [0.2, 0.25) is 0 Å². The second kappa shape index (κ2) is 6.06. The number of nitro groups is 1. The molecule has 1 saturated carbocycles. The van der Waals surface area contributed by atoms with Crippen molar-refractivity contribution in [2.24, 2.45) is 0 Å². The van der Waals surface area contributed by atoms with Crippen molar-refractivity contribution in [3.8, 4) is 0 Å². The summed E-state index contributed by atoms with van der Waals surface area (Å²) in [5, 5.41) is 14.0. The molecule has 1 N–H and O–H groups in total. The molecule has 2 aromatic carbocycles. The summed E-state index contributed by atoms with van der Waals surface area (Å²) in [6.07, 6.45) is 2.64. The SMILES string of the molecule is O=[N+]([O-])c1ccc(CNCc2cccc(C3CC3)c2)cc1. The lowest BCUT2D eigenvalue weighted by molar-refractivity contribution is -0.384. The van der Waals surface area contributed by atoms with Gasteiger partial charge in [-0.25, -0.2) is 0 Å². The van der Waals surface area contributed by atoms with Crippen molar-refractivity contribution < 1.29 is 4.92 Å². The van der Waals surface area contributed by atoms with Gasteiger partial charge in [-0.15, -0.1) is 0 Å². The second-order valence-corrected chi connectivity index (χ2v) is 5.55. The highest BCUT2D eigenvalue weighted by Gasteiger charge is 2.23. The van der Waals surface area contributed by atoms with E-state index in [1.165, 1.54) is 24.0 Å². The quantitative estimate of drug-likeness (QED) is 0.648. The standard InChI is InChI=1S/C17H18N2O2/c20-19(21)17-8-4-13(5-9-17)11-18-12-14-2-1-3-16(10-14)15-6-7-15/h1-5,8-10,15,18H,6-7,11-12H2.